The Morgan fingerprint density at radius 2 is 1.68 bits per heavy atom. The number of carbonyl (C=O) groups excluding carboxylic acids is 3. The lowest BCUT2D eigenvalue weighted by Crippen LogP contribution is -2.77. The highest BCUT2D eigenvalue weighted by Gasteiger charge is 2.72. The van der Waals surface area contributed by atoms with Crippen molar-refractivity contribution in [1.29, 1.82) is 0 Å². The monoisotopic (exact) mass is 898 g/mol. The van der Waals surface area contributed by atoms with Crippen LogP contribution in [0.4, 0.5) is 0 Å². The number of phenols is 1. The number of carbonyl (C=O) groups is 3. The van der Waals surface area contributed by atoms with E-state index in [4.69, 9.17) is 49.4 Å². The molecular weight excluding hydrogens is 854 g/mol. The summed E-state index contributed by atoms with van der Waals surface area (Å²) in [5.41, 5.74) is 3.09. The Kier molecular flexibility index (Phi) is 11.6. The van der Waals surface area contributed by atoms with Crippen LogP contribution in [0.15, 0.2) is 54.6 Å². The molecule has 3 aromatic carbocycles. The molecule has 3 fully saturated rings. The quantitative estimate of drug-likeness (QED) is 0.167. The van der Waals surface area contributed by atoms with E-state index in [1.807, 2.05) is 32.2 Å². The maximum Gasteiger partial charge on any atom is 0.272 e. The van der Waals surface area contributed by atoms with Gasteiger partial charge < -0.3 is 40.1 Å². The minimum Gasteiger partial charge on any atom is -0.504 e. The van der Waals surface area contributed by atoms with E-state index in [1.165, 1.54) is 0 Å². The van der Waals surface area contributed by atoms with E-state index < -0.39 is 23.2 Å². The van der Waals surface area contributed by atoms with Crippen molar-refractivity contribution >= 4 is 64.9 Å². The van der Waals surface area contributed by atoms with Crippen molar-refractivity contribution in [2.24, 2.45) is 0 Å². The number of piperidine rings is 2. The molecule has 2 saturated heterocycles. The van der Waals surface area contributed by atoms with Gasteiger partial charge >= 0.3 is 0 Å². The van der Waals surface area contributed by atoms with Gasteiger partial charge in [-0.25, -0.2) is 4.68 Å². The highest BCUT2D eigenvalue weighted by molar-refractivity contribution is 6.35. The standard InChI is InChI=1S/C43H45Cl3N6O7.ClH/c1-23-37(49-52(31-9-8-27(45)20-29(31)46)38(23)24-3-6-26(44)7-4-24)41(56)47-28-12-16-51(17-13-28)35(55)22-58-21-34(54)48-30-11-14-43(57)33-19-25-5-10-32(53)39-36(25)42(43,40(30)59-39)15-18-50(33)2;/h3-10,20,28,30,33,40,53,57H,11-19,21-22H2,1-2H3,(H,47,56)(H,48,54);1H/t30-,33+,40-,42-,43+;/m0./s1. The van der Waals surface area contributed by atoms with Crippen molar-refractivity contribution < 1.29 is 34.1 Å². The predicted octanol–water partition coefficient (Wildman–Crippen LogP) is 5.64. The summed E-state index contributed by atoms with van der Waals surface area (Å²) in [6.45, 7) is 2.81. The Labute approximate surface area is 368 Å². The van der Waals surface area contributed by atoms with E-state index >= 15 is 0 Å². The molecule has 60 heavy (non-hydrogen) atoms. The van der Waals surface area contributed by atoms with E-state index in [2.05, 4.69) is 15.5 Å². The average Bonchev–Trinajstić information content (AvgIpc) is 3.75. The molecule has 0 unspecified atom stereocenters. The van der Waals surface area contributed by atoms with Gasteiger partial charge in [0, 0.05) is 51.9 Å². The summed E-state index contributed by atoms with van der Waals surface area (Å²) in [5, 5.41) is 35.5. The fraction of sp³-hybridized carbons (Fsp3) is 0.442. The Bertz CT molecular complexity index is 2350. The van der Waals surface area contributed by atoms with Crippen molar-refractivity contribution in [2.45, 2.75) is 80.7 Å². The SMILES string of the molecule is Cc1c(C(=O)NC2CCN(C(=O)COCC(=O)N[C@H]3CC[C@@]4(O)[C@H]5Cc6ccc(O)c7c6[C@@]4(CCN5C)[C@H]3O7)CC2)nn(-c2ccc(Cl)cc2Cl)c1-c1ccc(Cl)cc1.Cl. The van der Waals surface area contributed by atoms with Gasteiger partial charge in [-0.3, -0.25) is 14.4 Å². The number of rotatable bonds is 9. The van der Waals surface area contributed by atoms with Crippen molar-refractivity contribution in [2.75, 3.05) is 39.9 Å². The van der Waals surface area contributed by atoms with Crippen molar-refractivity contribution in [3.05, 3.63) is 92.0 Å². The van der Waals surface area contributed by atoms with E-state index in [1.54, 1.807) is 46.0 Å². The molecule has 5 aliphatic rings. The highest BCUT2D eigenvalue weighted by Crippen LogP contribution is 2.65. The number of nitrogens with zero attached hydrogens (tertiary/aromatic N) is 4. The molecular formula is C43H46Cl4N6O7. The van der Waals surface area contributed by atoms with Crippen LogP contribution in [0, 0.1) is 6.92 Å². The Balaban J connectivity index is 0.00000499. The van der Waals surface area contributed by atoms with Gasteiger partial charge in [0.25, 0.3) is 5.91 Å². The number of aliphatic hydroxyl groups is 1. The number of likely N-dealkylation sites (N-methyl/N-ethyl adjacent to an activating group) is 1. The number of ether oxygens (including phenoxy) is 2. The number of nitrogens with one attached hydrogen (secondary N) is 2. The van der Waals surface area contributed by atoms with E-state index in [0.29, 0.717) is 89.4 Å². The first-order valence-corrected chi connectivity index (χ1v) is 21.1. The number of aromatic hydroxyl groups is 1. The molecule has 2 aliphatic carbocycles. The van der Waals surface area contributed by atoms with Gasteiger partial charge in [0.2, 0.25) is 11.8 Å². The third-order valence-electron chi connectivity index (χ3n) is 13.3. The predicted molar refractivity (Wildman–Crippen MR) is 229 cm³/mol. The van der Waals surface area contributed by atoms with Crippen molar-refractivity contribution in [3.8, 4) is 28.4 Å². The first-order valence-electron chi connectivity index (χ1n) is 20.0. The van der Waals surface area contributed by atoms with Crippen molar-refractivity contribution in [3.63, 3.8) is 0 Å². The maximum absolute atomic E-state index is 13.7. The van der Waals surface area contributed by atoms with E-state index in [0.717, 1.165) is 23.2 Å². The molecule has 1 aromatic heterocycles. The molecule has 1 spiro atoms. The normalized spacial score (nSPS) is 25.5. The fourth-order valence-corrected chi connectivity index (χ4v) is 11.1. The first kappa shape index (κ1) is 42.6. The average molecular weight is 901 g/mol. The number of benzene rings is 3. The molecule has 318 valence electrons. The number of halogens is 4. The summed E-state index contributed by atoms with van der Waals surface area (Å²) in [5.74, 6) is -0.522. The fourth-order valence-electron chi connectivity index (χ4n) is 10.5. The van der Waals surface area contributed by atoms with Crippen LogP contribution in [0.2, 0.25) is 15.1 Å². The number of amides is 3. The number of hydrogen-bond donors (Lipinski definition) is 4. The molecule has 17 heteroatoms. The van der Waals surface area contributed by atoms with Crippen molar-refractivity contribution in [1.82, 2.24) is 30.2 Å². The minimum atomic E-state index is -1.06. The van der Waals surface area contributed by atoms with Crippen LogP contribution in [0.3, 0.4) is 0 Å². The summed E-state index contributed by atoms with van der Waals surface area (Å²) in [7, 11) is 2.04. The molecule has 13 nitrogen and oxygen atoms in total. The molecule has 3 amide bonds. The largest absolute Gasteiger partial charge is 0.504 e. The number of hydrogen-bond acceptors (Lipinski definition) is 9. The maximum atomic E-state index is 13.7. The van der Waals surface area contributed by atoms with Crippen LogP contribution in [-0.4, -0.2) is 117 Å². The second kappa shape index (κ2) is 16.3. The summed E-state index contributed by atoms with van der Waals surface area (Å²) in [4.78, 5) is 44.1. The zero-order valence-corrected chi connectivity index (χ0v) is 36.1. The van der Waals surface area contributed by atoms with Gasteiger partial charge in [-0.1, -0.05) is 53.0 Å². The third kappa shape index (κ3) is 7.00. The number of aromatic nitrogens is 2. The van der Waals surface area contributed by atoms with Gasteiger partial charge in [-0.15, -0.1) is 12.4 Å². The zero-order valence-electron chi connectivity index (χ0n) is 33.1. The summed E-state index contributed by atoms with van der Waals surface area (Å²) < 4.78 is 13.8. The lowest BCUT2D eigenvalue weighted by atomic mass is 9.48. The third-order valence-corrected chi connectivity index (χ3v) is 14.1. The second-order valence-electron chi connectivity index (χ2n) is 16.5. The van der Waals surface area contributed by atoms with E-state index in [9.17, 15) is 24.6 Å². The number of phenolic OH excluding ortho intramolecular Hbond substituents is 1. The molecule has 1 saturated carbocycles. The van der Waals surface area contributed by atoms with Gasteiger partial charge in [-0.2, -0.15) is 5.10 Å². The Hall–Kier alpha value is -4.08. The molecule has 5 atom stereocenters. The summed E-state index contributed by atoms with van der Waals surface area (Å²) >= 11 is 18.9. The molecule has 3 aliphatic heterocycles. The Morgan fingerprint density at radius 3 is 2.42 bits per heavy atom. The van der Waals surface area contributed by atoms with Crippen LogP contribution in [0.25, 0.3) is 16.9 Å². The van der Waals surface area contributed by atoms with Crippen LogP contribution in [0.5, 0.6) is 11.5 Å². The van der Waals surface area contributed by atoms with Crippen LogP contribution < -0.4 is 15.4 Å². The van der Waals surface area contributed by atoms with Gasteiger partial charge in [0.05, 0.1) is 33.5 Å². The first-order chi connectivity index (χ1) is 28.3. The van der Waals surface area contributed by atoms with Gasteiger partial charge in [-0.05, 0) is 101 Å². The molecule has 2 bridgehead atoms. The van der Waals surface area contributed by atoms with Crippen LogP contribution >= 0.6 is 47.2 Å². The van der Waals surface area contributed by atoms with Gasteiger partial charge in [0.15, 0.2) is 17.2 Å². The number of likely N-dealkylation sites (tertiary alicyclic amines) is 2. The molecule has 4 heterocycles. The minimum absolute atomic E-state index is 0. The molecule has 4 N–H and O–H groups in total. The summed E-state index contributed by atoms with van der Waals surface area (Å²) in [6, 6.07) is 15.2. The Morgan fingerprint density at radius 1 is 0.950 bits per heavy atom. The van der Waals surface area contributed by atoms with Crippen LogP contribution in [-0.2, 0) is 26.2 Å². The molecule has 9 rings (SSSR count). The second-order valence-corrected chi connectivity index (χ2v) is 17.8. The lowest BCUT2D eigenvalue weighted by Gasteiger charge is -2.63. The van der Waals surface area contributed by atoms with Crippen LogP contribution in [0.1, 0.15) is 59.3 Å². The smallest absolute Gasteiger partial charge is 0.272 e. The molecule has 4 aromatic rings. The molecule has 0 radical (unpaired) electrons. The highest BCUT2D eigenvalue weighted by atomic mass is 35.5. The topological polar surface area (TPSA) is 158 Å². The zero-order chi connectivity index (χ0) is 41.4. The van der Waals surface area contributed by atoms with E-state index in [-0.39, 0.29) is 66.9 Å². The van der Waals surface area contributed by atoms with Gasteiger partial charge in [0.1, 0.15) is 19.3 Å². The lowest BCUT2D eigenvalue weighted by molar-refractivity contribution is -0.187. The summed E-state index contributed by atoms with van der Waals surface area (Å²) in [6.07, 6.45) is 2.77.